The van der Waals surface area contributed by atoms with Crippen molar-refractivity contribution in [2.75, 3.05) is 44.2 Å². The van der Waals surface area contributed by atoms with E-state index in [9.17, 15) is 14.7 Å². The molecule has 2 aliphatic rings. The van der Waals surface area contributed by atoms with E-state index in [0.717, 1.165) is 44.8 Å². The zero-order valence-electron chi connectivity index (χ0n) is 14.1. The lowest BCUT2D eigenvalue weighted by molar-refractivity contribution is -0.141. The predicted octanol–water partition coefficient (Wildman–Crippen LogP) is 1.52. The van der Waals surface area contributed by atoms with Crippen molar-refractivity contribution in [2.24, 2.45) is 0 Å². The van der Waals surface area contributed by atoms with Gasteiger partial charge in [-0.2, -0.15) is 0 Å². The van der Waals surface area contributed by atoms with Crippen molar-refractivity contribution in [1.29, 1.82) is 0 Å². The summed E-state index contributed by atoms with van der Waals surface area (Å²) in [6.07, 6.45) is 1.29. The Labute approximate surface area is 142 Å². The number of nitrogens with zero attached hydrogens (tertiary/aromatic N) is 3. The predicted molar refractivity (Wildman–Crippen MR) is 92.5 cm³/mol. The van der Waals surface area contributed by atoms with Crippen LogP contribution in [0.15, 0.2) is 24.3 Å². The first-order valence-electron chi connectivity index (χ1n) is 8.71. The number of hydrogen-bond acceptors (Lipinski definition) is 4. The largest absolute Gasteiger partial charge is 0.480 e. The summed E-state index contributed by atoms with van der Waals surface area (Å²) in [7, 11) is 0. The van der Waals surface area contributed by atoms with Crippen LogP contribution in [0.4, 0.5) is 5.69 Å². The van der Waals surface area contributed by atoms with Gasteiger partial charge in [0.25, 0.3) is 5.91 Å². The van der Waals surface area contributed by atoms with Gasteiger partial charge in [0.2, 0.25) is 0 Å². The van der Waals surface area contributed by atoms with Gasteiger partial charge in [-0.25, -0.2) is 4.79 Å². The fourth-order valence-corrected chi connectivity index (χ4v) is 3.57. The number of aliphatic carboxylic acids is 1. The quantitative estimate of drug-likeness (QED) is 0.906. The molecule has 0 aliphatic carbocycles. The van der Waals surface area contributed by atoms with Gasteiger partial charge in [-0.15, -0.1) is 0 Å². The van der Waals surface area contributed by atoms with E-state index in [4.69, 9.17) is 0 Å². The second-order valence-electron chi connectivity index (χ2n) is 6.46. The Morgan fingerprint density at radius 1 is 1.08 bits per heavy atom. The Hall–Kier alpha value is -2.08. The number of amides is 1. The minimum atomic E-state index is -0.911. The van der Waals surface area contributed by atoms with Crippen molar-refractivity contribution in [3.05, 3.63) is 29.8 Å². The van der Waals surface area contributed by atoms with Crippen LogP contribution in [-0.4, -0.2) is 72.1 Å². The molecule has 3 rings (SSSR count). The number of carbonyl (C=O) groups excluding carboxylic acids is 1. The number of anilines is 1. The molecule has 0 bridgehead atoms. The molecular formula is C18H25N3O3. The maximum atomic E-state index is 12.6. The molecule has 0 unspecified atom stereocenters. The second kappa shape index (κ2) is 7.21. The van der Waals surface area contributed by atoms with E-state index in [1.54, 1.807) is 0 Å². The van der Waals surface area contributed by atoms with Crippen molar-refractivity contribution in [1.82, 2.24) is 9.80 Å². The Morgan fingerprint density at radius 2 is 1.75 bits per heavy atom. The van der Waals surface area contributed by atoms with Crippen LogP contribution in [-0.2, 0) is 4.79 Å². The number of rotatable bonds is 4. The number of carboxylic acids is 1. The number of piperazine rings is 1. The molecule has 2 heterocycles. The Kier molecular flexibility index (Phi) is 5.04. The van der Waals surface area contributed by atoms with Gasteiger partial charge in [-0.3, -0.25) is 4.79 Å². The zero-order chi connectivity index (χ0) is 17.1. The van der Waals surface area contributed by atoms with Crippen molar-refractivity contribution in [3.8, 4) is 0 Å². The number of likely N-dealkylation sites (N-methyl/N-ethyl adjacent to an activating group) is 1. The average molecular weight is 331 g/mol. The van der Waals surface area contributed by atoms with Crippen LogP contribution in [0.3, 0.4) is 0 Å². The van der Waals surface area contributed by atoms with E-state index in [-0.39, 0.29) is 5.91 Å². The Balaban J connectivity index is 1.66. The molecule has 0 aromatic heterocycles. The second-order valence-corrected chi connectivity index (χ2v) is 6.46. The minimum absolute atomic E-state index is 0.178. The molecule has 0 radical (unpaired) electrons. The fraction of sp³-hybridized carbons (Fsp3) is 0.556. The van der Waals surface area contributed by atoms with E-state index in [0.29, 0.717) is 18.5 Å². The van der Waals surface area contributed by atoms with Crippen LogP contribution in [0, 0.1) is 0 Å². The smallest absolute Gasteiger partial charge is 0.326 e. The van der Waals surface area contributed by atoms with Crippen LogP contribution in [0.5, 0.6) is 0 Å². The van der Waals surface area contributed by atoms with Crippen LogP contribution < -0.4 is 4.90 Å². The van der Waals surface area contributed by atoms with E-state index in [2.05, 4.69) is 16.7 Å². The molecule has 1 N–H and O–H groups in total. The molecule has 6 nitrogen and oxygen atoms in total. The maximum Gasteiger partial charge on any atom is 0.326 e. The highest BCUT2D eigenvalue weighted by Gasteiger charge is 2.34. The molecular weight excluding hydrogens is 306 g/mol. The highest BCUT2D eigenvalue weighted by Crippen LogP contribution is 2.22. The molecule has 1 aromatic carbocycles. The summed E-state index contributed by atoms with van der Waals surface area (Å²) in [6, 6.07) is 6.91. The molecule has 24 heavy (non-hydrogen) atoms. The molecule has 1 atom stereocenters. The van der Waals surface area contributed by atoms with Crippen molar-refractivity contribution >= 4 is 17.6 Å². The third-order valence-corrected chi connectivity index (χ3v) is 5.10. The van der Waals surface area contributed by atoms with E-state index >= 15 is 0 Å². The van der Waals surface area contributed by atoms with Gasteiger partial charge >= 0.3 is 5.97 Å². The third kappa shape index (κ3) is 3.38. The number of carboxylic acid groups (broad SMARTS) is 1. The van der Waals surface area contributed by atoms with Gasteiger partial charge in [0.05, 0.1) is 0 Å². The third-order valence-electron chi connectivity index (χ3n) is 5.10. The lowest BCUT2D eigenvalue weighted by Crippen LogP contribution is -2.46. The lowest BCUT2D eigenvalue weighted by Gasteiger charge is -2.35. The van der Waals surface area contributed by atoms with Crippen molar-refractivity contribution in [3.63, 3.8) is 0 Å². The first-order valence-corrected chi connectivity index (χ1v) is 8.71. The SMILES string of the molecule is CCN1CCN(c2ccc(C(=O)N3CCC[C@H]3C(=O)O)cc2)CC1. The number of likely N-dealkylation sites (tertiary alicyclic amines) is 1. The summed E-state index contributed by atoms with van der Waals surface area (Å²) in [6.45, 7) is 7.90. The highest BCUT2D eigenvalue weighted by molar-refractivity contribution is 5.97. The van der Waals surface area contributed by atoms with Gasteiger partial charge in [0, 0.05) is 44.0 Å². The molecule has 2 aliphatic heterocycles. The Bertz CT molecular complexity index is 594. The first kappa shape index (κ1) is 16.8. The number of carbonyl (C=O) groups is 2. The van der Waals surface area contributed by atoms with Crippen molar-refractivity contribution < 1.29 is 14.7 Å². The first-order chi connectivity index (χ1) is 11.6. The topological polar surface area (TPSA) is 64.1 Å². The standard InChI is InChI=1S/C18H25N3O3/c1-2-19-10-12-20(13-11-19)15-7-5-14(6-8-15)17(22)21-9-3-4-16(21)18(23)24/h5-8,16H,2-4,9-13H2,1H3,(H,23,24)/t16-/m0/s1. The van der Waals surface area contributed by atoms with Gasteiger partial charge in [0.15, 0.2) is 0 Å². The molecule has 130 valence electrons. The normalized spacial score (nSPS) is 22.0. The average Bonchev–Trinajstić information content (AvgIpc) is 3.11. The molecule has 0 saturated carbocycles. The van der Waals surface area contributed by atoms with E-state index in [1.807, 2.05) is 24.3 Å². The Morgan fingerprint density at radius 3 is 2.33 bits per heavy atom. The maximum absolute atomic E-state index is 12.6. The van der Waals surface area contributed by atoms with Gasteiger partial charge < -0.3 is 19.8 Å². The van der Waals surface area contributed by atoms with Gasteiger partial charge in [-0.1, -0.05) is 6.92 Å². The van der Waals surface area contributed by atoms with Crippen LogP contribution in [0.1, 0.15) is 30.1 Å². The monoisotopic (exact) mass is 331 g/mol. The molecule has 2 fully saturated rings. The summed E-state index contributed by atoms with van der Waals surface area (Å²) in [5.74, 6) is -1.09. The molecule has 1 aromatic rings. The minimum Gasteiger partial charge on any atom is -0.480 e. The molecule has 0 spiro atoms. The van der Waals surface area contributed by atoms with Gasteiger partial charge in [0.1, 0.15) is 6.04 Å². The lowest BCUT2D eigenvalue weighted by atomic mass is 10.1. The summed E-state index contributed by atoms with van der Waals surface area (Å²) in [5.41, 5.74) is 1.69. The molecule has 2 saturated heterocycles. The number of benzene rings is 1. The van der Waals surface area contributed by atoms with E-state index < -0.39 is 12.0 Å². The summed E-state index contributed by atoms with van der Waals surface area (Å²) >= 11 is 0. The summed E-state index contributed by atoms with van der Waals surface area (Å²) in [5, 5.41) is 9.23. The fourth-order valence-electron chi connectivity index (χ4n) is 3.57. The summed E-state index contributed by atoms with van der Waals surface area (Å²) in [4.78, 5) is 30.1. The van der Waals surface area contributed by atoms with Crippen LogP contribution >= 0.6 is 0 Å². The van der Waals surface area contributed by atoms with Crippen molar-refractivity contribution in [2.45, 2.75) is 25.8 Å². The van der Waals surface area contributed by atoms with Crippen LogP contribution in [0.2, 0.25) is 0 Å². The number of hydrogen-bond donors (Lipinski definition) is 1. The zero-order valence-corrected chi connectivity index (χ0v) is 14.1. The van der Waals surface area contributed by atoms with Gasteiger partial charge in [-0.05, 0) is 43.7 Å². The van der Waals surface area contributed by atoms with Crippen LogP contribution in [0.25, 0.3) is 0 Å². The molecule has 6 heteroatoms. The molecule has 1 amide bonds. The summed E-state index contributed by atoms with van der Waals surface area (Å²) < 4.78 is 0. The van der Waals surface area contributed by atoms with E-state index in [1.165, 1.54) is 4.90 Å². The highest BCUT2D eigenvalue weighted by atomic mass is 16.4.